The molecule has 2 amide bonds. The number of nitrogens with zero attached hydrogens (tertiary/aromatic N) is 2. The van der Waals surface area contributed by atoms with Gasteiger partial charge in [0.1, 0.15) is 16.4 Å². The molecule has 0 spiro atoms. The minimum Gasteiger partial charge on any atom is -0.497 e. The summed E-state index contributed by atoms with van der Waals surface area (Å²) in [5.74, 6) is 0.0427. The minimum absolute atomic E-state index is 0.00394. The fraction of sp³-hybridized carbons (Fsp3) is 0.333. The summed E-state index contributed by atoms with van der Waals surface area (Å²) in [6, 6.07) is 10.6. The van der Waals surface area contributed by atoms with Gasteiger partial charge in [-0.15, -0.1) is 0 Å². The van der Waals surface area contributed by atoms with Crippen LogP contribution in [0, 0.1) is 0 Å². The molecule has 32 heavy (non-hydrogen) atoms. The summed E-state index contributed by atoms with van der Waals surface area (Å²) in [7, 11) is 0.254. The Hall–Kier alpha value is -3.31. The number of nitrogens with one attached hydrogen (secondary N) is 1. The first kappa shape index (κ1) is 23.4. The number of piperazine rings is 1. The molecule has 0 aromatic heterocycles. The van der Waals surface area contributed by atoms with Crippen LogP contribution >= 0.6 is 0 Å². The molecule has 11 heteroatoms. The number of carbonyl (C=O) groups excluding carboxylic acids is 2. The number of para-hydroxylation sites is 1. The predicted octanol–water partition coefficient (Wildman–Crippen LogP) is 2.03. The zero-order valence-corrected chi connectivity index (χ0v) is 18.8. The molecule has 0 atom stereocenters. The topological polar surface area (TPSA) is 114 Å². The molecule has 1 heterocycles. The zero-order chi connectivity index (χ0) is 23.3. The van der Waals surface area contributed by atoms with Crippen LogP contribution in [0.1, 0.15) is 10.4 Å². The Morgan fingerprint density at radius 1 is 0.938 bits per heavy atom. The van der Waals surface area contributed by atoms with Gasteiger partial charge in [-0.25, -0.2) is 18.0 Å². The normalized spacial score (nSPS) is 14.5. The molecule has 10 nitrogen and oxygen atoms in total. The van der Waals surface area contributed by atoms with Gasteiger partial charge in [-0.05, 0) is 24.3 Å². The molecule has 1 fully saturated rings. The van der Waals surface area contributed by atoms with E-state index < -0.39 is 22.0 Å². The summed E-state index contributed by atoms with van der Waals surface area (Å²) in [5, 5.41) is 2.70. The van der Waals surface area contributed by atoms with Crippen molar-refractivity contribution in [1.29, 1.82) is 0 Å². The number of hydrogen-bond donors (Lipinski definition) is 1. The first-order valence-electron chi connectivity index (χ1n) is 9.77. The van der Waals surface area contributed by atoms with Crippen molar-refractivity contribution in [2.45, 2.75) is 4.90 Å². The van der Waals surface area contributed by atoms with E-state index >= 15 is 0 Å². The Kier molecular flexibility index (Phi) is 7.21. The first-order valence-corrected chi connectivity index (χ1v) is 11.2. The summed E-state index contributed by atoms with van der Waals surface area (Å²) in [6.07, 6.45) is 0. The van der Waals surface area contributed by atoms with E-state index in [-0.39, 0.29) is 42.4 Å². The quantitative estimate of drug-likeness (QED) is 0.652. The highest BCUT2D eigenvalue weighted by Crippen LogP contribution is 2.31. The van der Waals surface area contributed by atoms with Crippen molar-refractivity contribution < 1.29 is 32.2 Å². The summed E-state index contributed by atoms with van der Waals surface area (Å²) >= 11 is 0. The smallest absolute Gasteiger partial charge is 0.339 e. The molecule has 1 saturated heterocycles. The van der Waals surface area contributed by atoms with Crippen molar-refractivity contribution in [3.05, 3.63) is 48.0 Å². The maximum atomic E-state index is 13.2. The van der Waals surface area contributed by atoms with Gasteiger partial charge < -0.3 is 24.4 Å². The lowest BCUT2D eigenvalue weighted by atomic mass is 10.2. The molecule has 2 aromatic carbocycles. The van der Waals surface area contributed by atoms with Crippen LogP contribution in [-0.4, -0.2) is 77.1 Å². The predicted molar refractivity (Wildman–Crippen MR) is 117 cm³/mol. The molecule has 2 aromatic rings. The summed E-state index contributed by atoms with van der Waals surface area (Å²) < 4.78 is 42.7. The molecular weight excluding hydrogens is 438 g/mol. The second kappa shape index (κ2) is 9.88. The standard InChI is InChI=1S/C21H25N3O7S/c1-29-15-8-9-18(30-2)19(14-15)32(27,28)24-12-10-23(11-13-24)21(26)22-17-7-5-4-6-16(17)20(25)31-3/h4-9,14H,10-13H2,1-3H3,(H,22,26). The Morgan fingerprint density at radius 3 is 2.25 bits per heavy atom. The molecule has 1 aliphatic heterocycles. The Bertz CT molecular complexity index is 1100. The molecule has 0 bridgehead atoms. The second-order valence-electron chi connectivity index (χ2n) is 6.88. The van der Waals surface area contributed by atoms with E-state index in [1.54, 1.807) is 30.3 Å². The van der Waals surface area contributed by atoms with Crippen molar-refractivity contribution >= 4 is 27.7 Å². The highest BCUT2D eigenvalue weighted by atomic mass is 32.2. The van der Waals surface area contributed by atoms with Crippen molar-refractivity contribution in [2.24, 2.45) is 0 Å². The molecule has 0 saturated carbocycles. The fourth-order valence-corrected chi connectivity index (χ4v) is 4.92. The van der Waals surface area contributed by atoms with Gasteiger partial charge in [0.25, 0.3) is 0 Å². The van der Waals surface area contributed by atoms with E-state index in [4.69, 9.17) is 14.2 Å². The number of methoxy groups -OCH3 is 3. The maximum absolute atomic E-state index is 13.2. The van der Waals surface area contributed by atoms with E-state index in [0.717, 1.165) is 0 Å². The van der Waals surface area contributed by atoms with Crippen LogP contribution in [0.5, 0.6) is 11.5 Å². The Labute approximate surface area is 186 Å². The number of sulfonamides is 1. The number of carbonyl (C=O) groups is 2. The number of urea groups is 1. The molecule has 0 unspecified atom stereocenters. The van der Waals surface area contributed by atoms with Crippen LogP contribution in [0.15, 0.2) is 47.4 Å². The average molecular weight is 464 g/mol. The summed E-state index contributed by atoms with van der Waals surface area (Å²) in [5.41, 5.74) is 0.551. The van der Waals surface area contributed by atoms with Crippen LogP contribution in [0.2, 0.25) is 0 Å². The van der Waals surface area contributed by atoms with Crippen molar-refractivity contribution in [3.8, 4) is 11.5 Å². The van der Waals surface area contributed by atoms with Gasteiger partial charge in [0.15, 0.2) is 0 Å². The van der Waals surface area contributed by atoms with Gasteiger partial charge in [-0.3, -0.25) is 0 Å². The van der Waals surface area contributed by atoms with Gasteiger partial charge in [0.05, 0.1) is 32.6 Å². The zero-order valence-electron chi connectivity index (χ0n) is 18.0. The van der Waals surface area contributed by atoms with Crippen LogP contribution in [0.25, 0.3) is 0 Å². The monoisotopic (exact) mass is 463 g/mol. The van der Waals surface area contributed by atoms with E-state index in [1.807, 2.05) is 0 Å². The van der Waals surface area contributed by atoms with Gasteiger partial charge >= 0.3 is 12.0 Å². The first-order chi connectivity index (χ1) is 15.3. The highest BCUT2D eigenvalue weighted by molar-refractivity contribution is 7.89. The second-order valence-corrected chi connectivity index (χ2v) is 8.78. The van der Waals surface area contributed by atoms with E-state index in [1.165, 1.54) is 42.7 Å². The van der Waals surface area contributed by atoms with Gasteiger partial charge in [-0.2, -0.15) is 4.31 Å². The fourth-order valence-electron chi connectivity index (χ4n) is 3.33. The number of amides is 2. The third-order valence-electron chi connectivity index (χ3n) is 5.09. The van der Waals surface area contributed by atoms with Crippen molar-refractivity contribution in [3.63, 3.8) is 0 Å². The summed E-state index contributed by atoms with van der Waals surface area (Å²) in [6.45, 7) is 0.568. The van der Waals surface area contributed by atoms with Gasteiger partial charge in [0, 0.05) is 32.2 Å². The number of anilines is 1. The van der Waals surface area contributed by atoms with Crippen molar-refractivity contribution in [2.75, 3.05) is 52.8 Å². The van der Waals surface area contributed by atoms with Crippen LogP contribution < -0.4 is 14.8 Å². The SMILES string of the molecule is COC(=O)c1ccccc1NC(=O)N1CCN(S(=O)(=O)c2cc(OC)ccc2OC)CC1. The van der Waals surface area contributed by atoms with Crippen LogP contribution in [-0.2, 0) is 14.8 Å². The highest BCUT2D eigenvalue weighted by Gasteiger charge is 2.32. The largest absolute Gasteiger partial charge is 0.497 e. The molecule has 1 N–H and O–H groups in total. The Morgan fingerprint density at radius 2 is 1.62 bits per heavy atom. The van der Waals surface area contributed by atoms with Gasteiger partial charge in [0.2, 0.25) is 10.0 Å². The van der Waals surface area contributed by atoms with E-state index in [0.29, 0.717) is 11.4 Å². The van der Waals surface area contributed by atoms with E-state index in [2.05, 4.69) is 5.32 Å². The van der Waals surface area contributed by atoms with Gasteiger partial charge in [-0.1, -0.05) is 12.1 Å². The van der Waals surface area contributed by atoms with E-state index in [9.17, 15) is 18.0 Å². The van der Waals surface area contributed by atoms with Crippen LogP contribution in [0.4, 0.5) is 10.5 Å². The number of esters is 1. The molecule has 3 rings (SSSR count). The molecule has 0 aliphatic carbocycles. The Balaban J connectivity index is 1.70. The minimum atomic E-state index is -3.86. The number of benzene rings is 2. The maximum Gasteiger partial charge on any atom is 0.339 e. The molecular formula is C21H25N3O7S. The lowest BCUT2D eigenvalue weighted by molar-refractivity contribution is 0.0602. The lowest BCUT2D eigenvalue weighted by Crippen LogP contribution is -2.51. The molecule has 0 radical (unpaired) electrons. The molecule has 172 valence electrons. The molecule has 1 aliphatic rings. The number of ether oxygens (including phenoxy) is 3. The average Bonchev–Trinajstić information content (AvgIpc) is 2.83. The number of hydrogen-bond acceptors (Lipinski definition) is 7. The number of rotatable bonds is 6. The third kappa shape index (κ3) is 4.78. The summed E-state index contributed by atoms with van der Waals surface area (Å²) in [4.78, 5) is 26.1. The van der Waals surface area contributed by atoms with Crippen molar-refractivity contribution in [1.82, 2.24) is 9.21 Å². The third-order valence-corrected chi connectivity index (χ3v) is 7.01. The van der Waals surface area contributed by atoms with Crippen LogP contribution in [0.3, 0.4) is 0 Å². The lowest BCUT2D eigenvalue weighted by Gasteiger charge is -2.34.